The van der Waals surface area contributed by atoms with E-state index in [9.17, 15) is 0 Å². The molecule has 1 aromatic carbocycles. The Bertz CT molecular complexity index is 529. The van der Waals surface area contributed by atoms with E-state index in [1.54, 1.807) is 0 Å². The highest BCUT2D eigenvalue weighted by atomic mass is 35.5. The van der Waals surface area contributed by atoms with Crippen LogP contribution >= 0.6 is 23.2 Å². The SMILES string of the molecule is CCN(Cc1ccncc1)Cc1ccc(Cl)c(Cl)c1. The number of rotatable bonds is 5. The Morgan fingerprint density at radius 2 is 1.63 bits per heavy atom. The van der Waals surface area contributed by atoms with Crippen LogP contribution in [-0.4, -0.2) is 16.4 Å². The smallest absolute Gasteiger partial charge is 0.0595 e. The summed E-state index contributed by atoms with van der Waals surface area (Å²) in [6.45, 7) is 4.89. The summed E-state index contributed by atoms with van der Waals surface area (Å²) in [6.07, 6.45) is 3.64. The van der Waals surface area contributed by atoms with Crippen molar-refractivity contribution >= 4 is 23.2 Å². The quantitative estimate of drug-likeness (QED) is 0.812. The third kappa shape index (κ3) is 4.20. The van der Waals surface area contributed by atoms with Gasteiger partial charge < -0.3 is 0 Å². The molecule has 0 saturated carbocycles. The molecule has 0 aliphatic heterocycles. The van der Waals surface area contributed by atoms with E-state index < -0.39 is 0 Å². The average molecular weight is 295 g/mol. The average Bonchev–Trinajstić information content (AvgIpc) is 2.43. The maximum Gasteiger partial charge on any atom is 0.0595 e. The fourth-order valence-electron chi connectivity index (χ4n) is 1.92. The van der Waals surface area contributed by atoms with Gasteiger partial charge in [-0.2, -0.15) is 0 Å². The lowest BCUT2D eigenvalue weighted by molar-refractivity contribution is 0.271. The molecule has 0 spiro atoms. The summed E-state index contributed by atoms with van der Waals surface area (Å²) in [6, 6.07) is 9.87. The first-order chi connectivity index (χ1) is 9.19. The minimum Gasteiger partial charge on any atom is -0.295 e. The van der Waals surface area contributed by atoms with Gasteiger partial charge in [0.1, 0.15) is 0 Å². The summed E-state index contributed by atoms with van der Waals surface area (Å²) in [5.41, 5.74) is 2.43. The number of hydrogen-bond donors (Lipinski definition) is 0. The molecule has 1 heterocycles. The van der Waals surface area contributed by atoms with Crippen molar-refractivity contribution in [1.29, 1.82) is 0 Å². The van der Waals surface area contributed by atoms with Gasteiger partial charge in [0, 0.05) is 25.5 Å². The van der Waals surface area contributed by atoms with E-state index in [4.69, 9.17) is 23.2 Å². The van der Waals surface area contributed by atoms with Crippen LogP contribution in [0.25, 0.3) is 0 Å². The molecule has 0 aliphatic carbocycles. The second-order valence-electron chi connectivity index (χ2n) is 4.41. The van der Waals surface area contributed by atoms with Crippen molar-refractivity contribution in [3.8, 4) is 0 Å². The summed E-state index contributed by atoms with van der Waals surface area (Å²) in [5.74, 6) is 0. The molecule has 0 saturated heterocycles. The number of hydrogen-bond acceptors (Lipinski definition) is 2. The fourth-order valence-corrected chi connectivity index (χ4v) is 2.24. The van der Waals surface area contributed by atoms with Crippen LogP contribution in [0.15, 0.2) is 42.7 Å². The Labute approximate surface area is 124 Å². The van der Waals surface area contributed by atoms with Crippen LogP contribution in [0.4, 0.5) is 0 Å². The van der Waals surface area contributed by atoms with E-state index in [0.29, 0.717) is 10.0 Å². The van der Waals surface area contributed by atoms with Gasteiger partial charge in [0.25, 0.3) is 0 Å². The molecule has 0 aliphatic rings. The van der Waals surface area contributed by atoms with Crippen LogP contribution in [-0.2, 0) is 13.1 Å². The van der Waals surface area contributed by atoms with Gasteiger partial charge in [0.15, 0.2) is 0 Å². The highest BCUT2D eigenvalue weighted by molar-refractivity contribution is 6.42. The Balaban J connectivity index is 2.04. The normalized spacial score (nSPS) is 10.9. The van der Waals surface area contributed by atoms with Gasteiger partial charge >= 0.3 is 0 Å². The number of nitrogens with zero attached hydrogens (tertiary/aromatic N) is 2. The monoisotopic (exact) mass is 294 g/mol. The summed E-state index contributed by atoms with van der Waals surface area (Å²) in [7, 11) is 0. The van der Waals surface area contributed by atoms with E-state index >= 15 is 0 Å². The summed E-state index contributed by atoms with van der Waals surface area (Å²) < 4.78 is 0. The van der Waals surface area contributed by atoms with Crippen molar-refractivity contribution in [3.05, 3.63) is 63.9 Å². The van der Waals surface area contributed by atoms with Gasteiger partial charge in [0.2, 0.25) is 0 Å². The van der Waals surface area contributed by atoms with E-state index in [1.807, 2.05) is 42.7 Å². The first-order valence-corrected chi connectivity index (χ1v) is 7.00. The van der Waals surface area contributed by atoms with Gasteiger partial charge in [-0.3, -0.25) is 9.88 Å². The van der Waals surface area contributed by atoms with Crippen LogP contribution in [0.5, 0.6) is 0 Å². The van der Waals surface area contributed by atoms with E-state index in [-0.39, 0.29) is 0 Å². The highest BCUT2D eigenvalue weighted by Gasteiger charge is 2.06. The second-order valence-corrected chi connectivity index (χ2v) is 5.22. The maximum atomic E-state index is 6.04. The Morgan fingerprint density at radius 1 is 0.947 bits per heavy atom. The number of benzene rings is 1. The molecule has 1 aromatic heterocycles. The lowest BCUT2D eigenvalue weighted by Gasteiger charge is -2.20. The van der Waals surface area contributed by atoms with Crippen molar-refractivity contribution < 1.29 is 0 Å². The highest BCUT2D eigenvalue weighted by Crippen LogP contribution is 2.23. The van der Waals surface area contributed by atoms with Gasteiger partial charge in [-0.15, -0.1) is 0 Å². The number of pyridine rings is 1. The predicted octanol–water partition coefficient (Wildman–Crippen LogP) is 4.41. The van der Waals surface area contributed by atoms with Crippen molar-refractivity contribution in [1.82, 2.24) is 9.88 Å². The standard InChI is InChI=1S/C15H16Cl2N2/c1-2-19(10-12-5-7-18-8-6-12)11-13-3-4-14(16)15(17)9-13/h3-9H,2,10-11H2,1H3. The molecule has 2 rings (SSSR count). The second kappa shape index (κ2) is 6.90. The minimum absolute atomic E-state index is 0.600. The zero-order chi connectivity index (χ0) is 13.7. The molecule has 0 bridgehead atoms. The largest absolute Gasteiger partial charge is 0.295 e. The van der Waals surface area contributed by atoms with Gasteiger partial charge in [0.05, 0.1) is 10.0 Å². The molecule has 0 amide bonds. The topological polar surface area (TPSA) is 16.1 Å². The van der Waals surface area contributed by atoms with Crippen LogP contribution < -0.4 is 0 Å². The zero-order valence-corrected chi connectivity index (χ0v) is 12.3. The van der Waals surface area contributed by atoms with Crippen LogP contribution in [0.3, 0.4) is 0 Å². The molecule has 0 fully saturated rings. The van der Waals surface area contributed by atoms with Gasteiger partial charge in [-0.25, -0.2) is 0 Å². The van der Waals surface area contributed by atoms with Crippen molar-refractivity contribution in [2.75, 3.05) is 6.54 Å². The van der Waals surface area contributed by atoms with Gasteiger partial charge in [-0.05, 0) is 41.9 Å². The first-order valence-electron chi connectivity index (χ1n) is 6.24. The van der Waals surface area contributed by atoms with E-state index in [0.717, 1.165) is 19.6 Å². The van der Waals surface area contributed by atoms with E-state index in [1.165, 1.54) is 11.1 Å². The molecule has 19 heavy (non-hydrogen) atoms. The van der Waals surface area contributed by atoms with Crippen molar-refractivity contribution in [2.24, 2.45) is 0 Å². The number of halogens is 2. The summed E-state index contributed by atoms with van der Waals surface area (Å²) >= 11 is 12.0. The molecule has 2 nitrogen and oxygen atoms in total. The lowest BCUT2D eigenvalue weighted by Crippen LogP contribution is -2.22. The minimum atomic E-state index is 0.600. The molecule has 4 heteroatoms. The summed E-state index contributed by atoms with van der Waals surface area (Å²) in [5, 5.41) is 1.21. The van der Waals surface area contributed by atoms with Crippen LogP contribution in [0.1, 0.15) is 18.1 Å². The molecule has 0 unspecified atom stereocenters. The Hall–Kier alpha value is -1.09. The molecule has 0 radical (unpaired) electrons. The maximum absolute atomic E-state index is 6.04. The molecular weight excluding hydrogens is 279 g/mol. The van der Waals surface area contributed by atoms with E-state index in [2.05, 4.69) is 16.8 Å². The molecule has 0 atom stereocenters. The van der Waals surface area contributed by atoms with Gasteiger partial charge in [-0.1, -0.05) is 36.2 Å². The predicted molar refractivity (Wildman–Crippen MR) is 80.5 cm³/mol. The lowest BCUT2D eigenvalue weighted by atomic mass is 10.2. The molecule has 0 N–H and O–H groups in total. The third-order valence-electron chi connectivity index (χ3n) is 2.99. The van der Waals surface area contributed by atoms with Crippen molar-refractivity contribution in [2.45, 2.75) is 20.0 Å². The molecule has 2 aromatic rings. The molecule has 100 valence electrons. The summed E-state index contributed by atoms with van der Waals surface area (Å²) in [4.78, 5) is 6.38. The van der Waals surface area contributed by atoms with Crippen LogP contribution in [0.2, 0.25) is 10.0 Å². The zero-order valence-electron chi connectivity index (χ0n) is 10.8. The Kier molecular flexibility index (Phi) is 5.20. The molecular formula is C15H16Cl2N2. The first kappa shape index (κ1) is 14.3. The number of aromatic nitrogens is 1. The van der Waals surface area contributed by atoms with Crippen LogP contribution in [0, 0.1) is 0 Å². The third-order valence-corrected chi connectivity index (χ3v) is 3.73. The van der Waals surface area contributed by atoms with Crippen molar-refractivity contribution in [3.63, 3.8) is 0 Å². The fraction of sp³-hybridized carbons (Fsp3) is 0.267. The Morgan fingerprint density at radius 3 is 2.26 bits per heavy atom.